The fourth-order valence-electron chi connectivity index (χ4n) is 3.70. The van der Waals surface area contributed by atoms with Crippen molar-refractivity contribution in [2.24, 2.45) is 0 Å². The van der Waals surface area contributed by atoms with Crippen molar-refractivity contribution in [3.8, 4) is 0 Å². The van der Waals surface area contributed by atoms with Gasteiger partial charge in [-0.05, 0) is 54.4 Å². The van der Waals surface area contributed by atoms with Crippen molar-refractivity contribution in [3.63, 3.8) is 0 Å². The van der Waals surface area contributed by atoms with Gasteiger partial charge >= 0.3 is 5.97 Å². The van der Waals surface area contributed by atoms with E-state index in [1.165, 1.54) is 0 Å². The van der Waals surface area contributed by atoms with Crippen LogP contribution in [0.2, 0.25) is 5.15 Å². The lowest BCUT2D eigenvalue weighted by molar-refractivity contribution is -0.136. The Morgan fingerprint density at radius 2 is 1.69 bits per heavy atom. The van der Waals surface area contributed by atoms with Gasteiger partial charge in [0, 0.05) is 29.3 Å². The van der Waals surface area contributed by atoms with Crippen LogP contribution in [0.1, 0.15) is 41.2 Å². The number of halogens is 1. The summed E-state index contributed by atoms with van der Waals surface area (Å²) in [5, 5.41) is 17.5. The van der Waals surface area contributed by atoms with E-state index in [0.717, 1.165) is 16.3 Å². The molecule has 0 radical (unpaired) electrons. The number of hydrogen-bond acceptors (Lipinski definition) is 5. The first-order valence-electron chi connectivity index (χ1n) is 11.2. The second-order valence-electron chi connectivity index (χ2n) is 8.52. The maximum Gasteiger partial charge on any atom is 0.308 e. The van der Waals surface area contributed by atoms with Crippen LogP contribution in [0.4, 0.5) is 11.5 Å². The number of carbonyl (C=O) groups is 2. The van der Waals surface area contributed by atoms with Gasteiger partial charge in [-0.1, -0.05) is 54.1 Å². The van der Waals surface area contributed by atoms with Crippen LogP contribution in [0, 0.1) is 0 Å². The highest BCUT2D eigenvalue weighted by Gasteiger charge is 2.17. The van der Waals surface area contributed by atoms with Gasteiger partial charge in [0.05, 0.1) is 6.42 Å². The minimum absolute atomic E-state index is 0.0480. The molecular formula is C27H25ClN4O3. The van der Waals surface area contributed by atoms with Gasteiger partial charge in [-0.25, -0.2) is 9.97 Å². The van der Waals surface area contributed by atoms with Gasteiger partial charge < -0.3 is 15.7 Å². The topological polar surface area (TPSA) is 104 Å². The molecule has 0 unspecified atom stereocenters. The number of fused-ring (bicyclic) bond motifs is 1. The summed E-state index contributed by atoms with van der Waals surface area (Å²) in [6.07, 6.45) is 0.137. The zero-order chi connectivity index (χ0) is 24.9. The summed E-state index contributed by atoms with van der Waals surface area (Å²) >= 11 is 6.30. The monoisotopic (exact) mass is 488 g/mol. The number of carboxylic acids is 1. The van der Waals surface area contributed by atoms with E-state index in [9.17, 15) is 14.7 Å². The van der Waals surface area contributed by atoms with Gasteiger partial charge in [0.25, 0.3) is 5.91 Å². The number of nitrogens with one attached hydrogen (secondary N) is 2. The molecular weight excluding hydrogens is 464 g/mol. The number of rotatable bonds is 8. The molecule has 0 saturated carbocycles. The van der Waals surface area contributed by atoms with Crippen molar-refractivity contribution < 1.29 is 14.7 Å². The SMILES string of the molecule is CC(C)Nc1nc(Cc2ccc(NC(=O)c3ccc4ccccc4c3)cc2)nc(Cl)c1CC(=O)O. The van der Waals surface area contributed by atoms with E-state index in [1.807, 2.05) is 80.6 Å². The average molecular weight is 489 g/mol. The Morgan fingerprint density at radius 1 is 0.971 bits per heavy atom. The normalized spacial score (nSPS) is 11.0. The largest absolute Gasteiger partial charge is 0.481 e. The number of carboxylic acid groups (broad SMARTS) is 1. The van der Waals surface area contributed by atoms with E-state index < -0.39 is 5.97 Å². The molecule has 0 atom stereocenters. The fraction of sp³-hybridized carbons (Fsp3) is 0.185. The molecule has 1 aromatic heterocycles. The molecule has 7 nitrogen and oxygen atoms in total. The maximum absolute atomic E-state index is 12.7. The first-order chi connectivity index (χ1) is 16.8. The molecule has 1 amide bonds. The lowest BCUT2D eigenvalue weighted by Gasteiger charge is -2.15. The maximum atomic E-state index is 12.7. The fourth-order valence-corrected chi connectivity index (χ4v) is 3.96. The van der Waals surface area contributed by atoms with E-state index in [-0.39, 0.29) is 23.5 Å². The minimum atomic E-state index is -1.00. The zero-order valence-electron chi connectivity index (χ0n) is 19.4. The van der Waals surface area contributed by atoms with Gasteiger partial charge in [0.2, 0.25) is 0 Å². The van der Waals surface area contributed by atoms with Crippen molar-refractivity contribution in [2.75, 3.05) is 10.6 Å². The number of aliphatic carboxylic acids is 1. The van der Waals surface area contributed by atoms with Crippen LogP contribution in [0.25, 0.3) is 10.8 Å². The zero-order valence-corrected chi connectivity index (χ0v) is 20.1. The molecule has 4 rings (SSSR count). The minimum Gasteiger partial charge on any atom is -0.481 e. The van der Waals surface area contributed by atoms with Crippen molar-refractivity contribution in [3.05, 3.63) is 94.4 Å². The third-order valence-electron chi connectivity index (χ3n) is 5.34. The predicted octanol–water partition coefficient (Wildman–Crippen LogP) is 5.57. The molecule has 35 heavy (non-hydrogen) atoms. The van der Waals surface area contributed by atoms with Crippen molar-refractivity contribution in [2.45, 2.75) is 32.7 Å². The van der Waals surface area contributed by atoms with Crippen LogP contribution < -0.4 is 10.6 Å². The van der Waals surface area contributed by atoms with Crippen molar-refractivity contribution in [1.29, 1.82) is 0 Å². The van der Waals surface area contributed by atoms with E-state index in [4.69, 9.17) is 11.6 Å². The molecule has 4 aromatic rings. The van der Waals surface area contributed by atoms with Crippen molar-refractivity contribution in [1.82, 2.24) is 9.97 Å². The molecule has 0 bridgehead atoms. The summed E-state index contributed by atoms with van der Waals surface area (Å²) in [6.45, 7) is 3.87. The summed E-state index contributed by atoms with van der Waals surface area (Å²) in [4.78, 5) is 32.8. The van der Waals surface area contributed by atoms with Crippen LogP contribution in [0.15, 0.2) is 66.7 Å². The smallest absolute Gasteiger partial charge is 0.308 e. The Labute approximate surface area is 208 Å². The number of aromatic nitrogens is 2. The van der Waals surface area contributed by atoms with Crippen molar-refractivity contribution >= 4 is 45.8 Å². The molecule has 0 spiro atoms. The number of benzene rings is 3. The van der Waals surface area contributed by atoms with Crippen LogP contribution in [0.3, 0.4) is 0 Å². The van der Waals surface area contributed by atoms with Gasteiger partial charge in [-0.15, -0.1) is 0 Å². The number of carbonyl (C=O) groups excluding carboxylic acids is 1. The third kappa shape index (κ3) is 6.13. The predicted molar refractivity (Wildman–Crippen MR) is 138 cm³/mol. The van der Waals surface area contributed by atoms with Gasteiger partial charge in [0.1, 0.15) is 16.8 Å². The van der Waals surface area contributed by atoms with Crippen LogP contribution in [-0.4, -0.2) is 33.0 Å². The van der Waals surface area contributed by atoms with E-state index in [1.54, 1.807) is 0 Å². The molecule has 0 aliphatic heterocycles. The quantitative estimate of drug-likeness (QED) is 0.280. The highest BCUT2D eigenvalue weighted by molar-refractivity contribution is 6.30. The summed E-state index contributed by atoms with van der Waals surface area (Å²) in [5.74, 6) is -0.287. The summed E-state index contributed by atoms with van der Waals surface area (Å²) in [5.41, 5.74) is 2.54. The van der Waals surface area contributed by atoms with E-state index >= 15 is 0 Å². The highest BCUT2D eigenvalue weighted by atomic mass is 35.5. The standard InChI is InChI=1S/C27H25ClN4O3/c1-16(2)29-26-22(15-24(33)34)25(28)31-23(32-26)13-17-7-11-21(12-8-17)30-27(35)20-10-9-18-5-3-4-6-19(18)14-20/h3-12,14,16H,13,15H2,1-2H3,(H,30,35)(H,33,34)(H,29,31,32). The van der Waals surface area contributed by atoms with Crippen LogP contribution in [-0.2, 0) is 17.6 Å². The molecule has 178 valence electrons. The Bertz CT molecular complexity index is 1390. The molecule has 0 aliphatic carbocycles. The molecule has 0 aliphatic rings. The number of anilines is 2. The lowest BCUT2D eigenvalue weighted by atomic mass is 10.1. The molecule has 0 saturated heterocycles. The Hall–Kier alpha value is -3.97. The molecule has 8 heteroatoms. The first-order valence-corrected chi connectivity index (χ1v) is 11.6. The summed E-state index contributed by atoms with van der Waals surface area (Å²) < 4.78 is 0. The summed E-state index contributed by atoms with van der Waals surface area (Å²) in [7, 11) is 0. The molecule has 3 N–H and O–H groups in total. The average Bonchev–Trinajstić information content (AvgIpc) is 2.82. The van der Waals surface area contributed by atoms with Crippen LogP contribution in [0.5, 0.6) is 0 Å². The number of amides is 1. The second kappa shape index (κ2) is 10.5. The second-order valence-corrected chi connectivity index (χ2v) is 8.88. The Kier molecular flexibility index (Phi) is 7.27. The lowest BCUT2D eigenvalue weighted by Crippen LogP contribution is -2.17. The van der Waals surface area contributed by atoms with Gasteiger partial charge in [0.15, 0.2) is 0 Å². The summed E-state index contributed by atoms with van der Waals surface area (Å²) in [6, 6.07) is 21.0. The Balaban J connectivity index is 1.48. The molecule has 0 fully saturated rings. The third-order valence-corrected chi connectivity index (χ3v) is 5.65. The molecule has 3 aromatic carbocycles. The van der Waals surface area contributed by atoms with E-state index in [0.29, 0.717) is 34.9 Å². The Morgan fingerprint density at radius 3 is 2.37 bits per heavy atom. The van der Waals surface area contributed by atoms with Crippen LogP contribution >= 0.6 is 11.6 Å². The number of nitrogens with zero attached hydrogens (tertiary/aromatic N) is 2. The highest BCUT2D eigenvalue weighted by Crippen LogP contribution is 2.24. The van der Waals surface area contributed by atoms with Gasteiger partial charge in [-0.3, -0.25) is 9.59 Å². The number of hydrogen-bond donors (Lipinski definition) is 3. The van der Waals surface area contributed by atoms with E-state index in [2.05, 4.69) is 20.6 Å². The van der Waals surface area contributed by atoms with Gasteiger partial charge in [-0.2, -0.15) is 0 Å². The first kappa shape index (κ1) is 24.2. The molecule has 1 heterocycles.